The fourth-order valence-corrected chi connectivity index (χ4v) is 13.7. The molecule has 0 saturated heterocycles. The van der Waals surface area contributed by atoms with Crippen LogP contribution >= 0.6 is 0 Å². The lowest BCUT2D eigenvalue weighted by Crippen LogP contribution is -2.14. The molecule has 16 aromatic rings. The summed E-state index contributed by atoms with van der Waals surface area (Å²) in [5.41, 5.74) is 16.9. The van der Waals surface area contributed by atoms with Gasteiger partial charge < -0.3 is 18.5 Å². The second-order valence-corrected chi connectivity index (χ2v) is 22.5. The predicted molar refractivity (Wildman–Crippen MR) is 333 cm³/mol. The van der Waals surface area contributed by atoms with Crippen molar-refractivity contribution >= 4 is 136 Å². The van der Waals surface area contributed by atoms with Gasteiger partial charge in [0.15, 0.2) is 11.2 Å². The Morgan fingerprint density at radius 1 is 0.346 bits per heavy atom. The van der Waals surface area contributed by atoms with Crippen LogP contribution in [0.2, 0.25) is 0 Å². The lowest BCUT2D eigenvalue weighted by molar-refractivity contribution is 0.653. The summed E-state index contributed by atoms with van der Waals surface area (Å²) in [6.07, 6.45) is 0. The van der Waals surface area contributed by atoms with Gasteiger partial charge in [0.1, 0.15) is 0 Å². The number of benzene rings is 14. The van der Waals surface area contributed by atoms with E-state index in [2.05, 4.69) is 268 Å². The Labute approximate surface area is 451 Å². The molecule has 0 saturated carbocycles. The van der Waals surface area contributed by atoms with Gasteiger partial charge in [-0.15, -0.1) is 0 Å². The van der Waals surface area contributed by atoms with Gasteiger partial charge in [0.2, 0.25) is 0 Å². The molecule has 0 aliphatic carbocycles. The third kappa shape index (κ3) is 6.29. The number of aryl methyl sites for hydroxylation is 2. The van der Waals surface area contributed by atoms with E-state index in [1.165, 1.54) is 120 Å². The Balaban J connectivity index is 1.05. The molecule has 0 amide bonds. The molecule has 0 spiro atoms. The predicted octanol–water partition coefficient (Wildman–Crippen LogP) is 21.3. The quantitative estimate of drug-likeness (QED) is 0.117. The molecular weight excluding hydrogens is 947 g/mol. The lowest BCUT2D eigenvalue weighted by atomic mass is 9.85. The Hall–Kier alpha value is -9.38. The van der Waals surface area contributed by atoms with E-state index in [1.54, 1.807) is 0 Å². The SMILES string of the molecule is Cc1ccc(N(c2ccc(C)cc2)c2c(C(C)C)cc3ccc4c(-n5c6ccccc6oc6cc7c8c9cccc%10c%11cccc%12cccc(c(cc8n(-c8ccccc8)c7cc65)c%109)c%12%11)c(C(C)C)cc5ccc2c3c54)cc1. The van der Waals surface area contributed by atoms with Crippen molar-refractivity contribution in [2.75, 3.05) is 4.90 Å². The highest BCUT2D eigenvalue weighted by molar-refractivity contribution is 6.39. The first-order valence-corrected chi connectivity index (χ1v) is 27.6. The zero-order valence-corrected chi connectivity index (χ0v) is 44.6. The monoisotopic (exact) mass is 1000 g/mol. The number of aromatic nitrogens is 2. The zero-order chi connectivity index (χ0) is 52.2. The summed E-state index contributed by atoms with van der Waals surface area (Å²) in [6.45, 7) is 13.7. The molecular formula is C74H55N3O. The second-order valence-electron chi connectivity index (χ2n) is 22.5. The van der Waals surface area contributed by atoms with Crippen LogP contribution < -0.4 is 4.90 Å². The molecule has 2 aromatic heterocycles. The van der Waals surface area contributed by atoms with E-state index in [0.29, 0.717) is 0 Å². The van der Waals surface area contributed by atoms with Gasteiger partial charge in [0.05, 0.1) is 33.4 Å². The van der Waals surface area contributed by atoms with Gasteiger partial charge in [-0.1, -0.05) is 172 Å². The standard InChI is InChI=1S/C74H55N3O/c1-42(2)58-37-47-30-36-57-70-48(29-35-56(69(47)70)73(58)75(50-31-25-44(5)26-32-50)51-33-27-45(6)28-34-51)38-59(43(3)4)74(57)77-62-23-10-11-24-66(62)78-67-40-61-63(41-64(67)77)76(49-17-8-7-9-18-49)65-39-60-54-20-13-16-46-15-12-19-52(68(46)54)53-21-14-22-55(71(53)60)72(61)65/h7-43H,1-6H3. The average Bonchev–Trinajstić information content (AvgIpc) is 3.84. The van der Waals surface area contributed by atoms with Crippen molar-refractivity contribution in [1.82, 2.24) is 9.13 Å². The molecule has 0 atom stereocenters. The van der Waals surface area contributed by atoms with Crippen molar-refractivity contribution in [3.8, 4) is 11.4 Å². The summed E-state index contributed by atoms with van der Waals surface area (Å²) in [5.74, 6) is 0.459. The van der Waals surface area contributed by atoms with E-state index < -0.39 is 0 Å². The molecule has 0 unspecified atom stereocenters. The number of rotatable bonds is 7. The topological polar surface area (TPSA) is 26.2 Å². The van der Waals surface area contributed by atoms with E-state index in [0.717, 1.165) is 50.2 Å². The highest BCUT2D eigenvalue weighted by atomic mass is 16.3. The molecule has 0 fully saturated rings. The normalized spacial score (nSPS) is 12.5. The van der Waals surface area contributed by atoms with Gasteiger partial charge >= 0.3 is 0 Å². The summed E-state index contributed by atoms with van der Waals surface area (Å²) in [5, 5.41) is 20.2. The smallest absolute Gasteiger partial charge is 0.152 e. The summed E-state index contributed by atoms with van der Waals surface area (Å²) in [6, 6.07) is 79.9. The Morgan fingerprint density at radius 2 is 0.936 bits per heavy atom. The molecule has 0 aliphatic rings. The molecule has 2 heterocycles. The maximum atomic E-state index is 7.22. The lowest BCUT2D eigenvalue weighted by Gasteiger charge is -2.32. The van der Waals surface area contributed by atoms with Crippen molar-refractivity contribution in [3.63, 3.8) is 0 Å². The van der Waals surface area contributed by atoms with Crippen LogP contribution in [0, 0.1) is 13.8 Å². The molecule has 0 N–H and O–H groups in total. The minimum atomic E-state index is 0.198. The molecule has 4 nitrogen and oxygen atoms in total. The van der Waals surface area contributed by atoms with Crippen molar-refractivity contribution in [3.05, 3.63) is 235 Å². The van der Waals surface area contributed by atoms with E-state index in [-0.39, 0.29) is 11.8 Å². The molecule has 14 aromatic carbocycles. The number of hydrogen-bond acceptors (Lipinski definition) is 2. The third-order valence-electron chi connectivity index (χ3n) is 17.2. The molecule has 0 aliphatic heterocycles. The minimum absolute atomic E-state index is 0.198. The van der Waals surface area contributed by atoms with Crippen LogP contribution in [0.3, 0.4) is 0 Å². The van der Waals surface area contributed by atoms with Gasteiger partial charge in [-0.3, -0.25) is 0 Å². The summed E-state index contributed by atoms with van der Waals surface area (Å²) < 4.78 is 12.3. The molecule has 78 heavy (non-hydrogen) atoms. The van der Waals surface area contributed by atoms with E-state index in [9.17, 15) is 0 Å². The fraction of sp³-hybridized carbons (Fsp3) is 0.108. The van der Waals surface area contributed by atoms with E-state index >= 15 is 0 Å². The molecule has 0 radical (unpaired) electrons. The average molecular weight is 1000 g/mol. The van der Waals surface area contributed by atoms with Crippen molar-refractivity contribution in [1.29, 1.82) is 0 Å². The van der Waals surface area contributed by atoms with Gasteiger partial charge in [0.25, 0.3) is 0 Å². The second kappa shape index (κ2) is 16.6. The maximum absolute atomic E-state index is 7.22. The Bertz CT molecular complexity index is 5100. The van der Waals surface area contributed by atoms with E-state index in [4.69, 9.17) is 4.42 Å². The highest BCUT2D eigenvalue weighted by Crippen LogP contribution is 2.51. The minimum Gasteiger partial charge on any atom is -0.453 e. The van der Waals surface area contributed by atoms with Crippen molar-refractivity contribution in [2.24, 2.45) is 0 Å². The van der Waals surface area contributed by atoms with Gasteiger partial charge in [-0.2, -0.15) is 0 Å². The fourth-order valence-electron chi connectivity index (χ4n) is 13.7. The van der Waals surface area contributed by atoms with Gasteiger partial charge in [-0.25, -0.2) is 0 Å². The molecule has 16 rings (SSSR count). The van der Waals surface area contributed by atoms with Crippen molar-refractivity contribution < 1.29 is 4.42 Å². The largest absolute Gasteiger partial charge is 0.453 e. The van der Waals surface area contributed by atoms with Crippen LogP contribution in [-0.4, -0.2) is 9.13 Å². The first-order chi connectivity index (χ1) is 38.2. The zero-order valence-electron chi connectivity index (χ0n) is 44.6. The van der Waals surface area contributed by atoms with Crippen LogP contribution in [0.25, 0.3) is 131 Å². The summed E-state index contributed by atoms with van der Waals surface area (Å²) in [4.78, 5) is 2.50. The van der Waals surface area contributed by atoms with Crippen LogP contribution in [0.15, 0.2) is 217 Å². The van der Waals surface area contributed by atoms with Crippen LogP contribution in [0.5, 0.6) is 0 Å². The van der Waals surface area contributed by atoms with Gasteiger partial charge in [-0.05, 0) is 180 Å². The Morgan fingerprint density at radius 3 is 1.63 bits per heavy atom. The number of hydrogen-bond donors (Lipinski definition) is 0. The highest BCUT2D eigenvalue weighted by Gasteiger charge is 2.28. The van der Waals surface area contributed by atoms with Crippen molar-refractivity contribution in [2.45, 2.75) is 53.4 Å². The van der Waals surface area contributed by atoms with Crippen LogP contribution in [-0.2, 0) is 0 Å². The van der Waals surface area contributed by atoms with Gasteiger partial charge in [0, 0.05) is 38.6 Å². The van der Waals surface area contributed by atoms with Crippen LogP contribution in [0.1, 0.15) is 61.8 Å². The first kappa shape index (κ1) is 44.9. The summed E-state index contributed by atoms with van der Waals surface area (Å²) in [7, 11) is 0. The molecule has 4 heteroatoms. The number of nitrogens with zero attached hydrogens (tertiary/aromatic N) is 3. The Kier molecular flexibility index (Phi) is 9.53. The number of fused-ring (bicyclic) bond motifs is 8. The first-order valence-electron chi connectivity index (χ1n) is 27.6. The molecule has 372 valence electrons. The number of anilines is 3. The number of para-hydroxylation sites is 3. The third-order valence-corrected chi connectivity index (χ3v) is 17.2. The van der Waals surface area contributed by atoms with E-state index in [1.807, 2.05) is 0 Å². The molecule has 0 bridgehead atoms. The van der Waals surface area contributed by atoms with Crippen LogP contribution in [0.4, 0.5) is 17.1 Å². The summed E-state index contributed by atoms with van der Waals surface area (Å²) >= 11 is 0. The maximum Gasteiger partial charge on any atom is 0.152 e.